The van der Waals surface area contributed by atoms with Gasteiger partial charge < -0.3 is 14.4 Å². The van der Waals surface area contributed by atoms with Crippen LogP contribution in [-0.2, 0) is 11.3 Å². The van der Waals surface area contributed by atoms with Crippen molar-refractivity contribution in [2.75, 3.05) is 19.1 Å². The Morgan fingerprint density at radius 2 is 2.17 bits per heavy atom. The summed E-state index contributed by atoms with van der Waals surface area (Å²) in [6.45, 7) is 2.56. The van der Waals surface area contributed by atoms with Crippen molar-refractivity contribution in [3.8, 4) is 0 Å². The summed E-state index contributed by atoms with van der Waals surface area (Å²) < 4.78 is 6.34. The maximum absolute atomic E-state index is 11.0. The van der Waals surface area contributed by atoms with Crippen molar-refractivity contribution >= 4 is 34.3 Å². The SMILES string of the molecule is O=C(O)C1CCC(CN2CSC(=S)N(Cc3ccco3)C2)CC1. The van der Waals surface area contributed by atoms with Crippen LogP contribution in [0.1, 0.15) is 31.4 Å². The molecule has 0 unspecified atom stereocenters. The summed E-state index contributed by atoms with van der Waals surface area (Å²) in [5.41, 5.74) is 0. The largest absolute Gasteiger partial charge is 0.481 e. The molecule has 0 aromatic carbocycles. The van der Waals surface area contributed by atoms with Gasteiger partial charge in [-0.15, -0.1) is 0 Å². The van der Waals surface area contributed by atoms with E-state index in [0.29, 0.717) is 12.5 Å². The van der Waals surface area contributed by atoms with Crippen LogP contribution in [0, 0.1) is 11.8 Å². The average Bonchev–Trinajstić information content (AvgIpc) is 3.04. The zero-order valence-corrected chi connectivity index (χ0v) is 14.7. The van der Waals surface area contributed by atoms with E-state index in [-0.39, 0.29) is 5.92 Å². The first-order valence-corrected chi connectivity index (χ1v) is 9.40. The summed E-state index contributed by atoms with van der Waals surface area (Å²) in [6, 6.07) is 3.87. The van der Waals surface area contributed by atoms with E-state index in [0.717, 1.165) is 54.9 Å². The number of nitrogens with zero attached hydrogens (tertiary/aromatic N) is 2. The third-order valence-electron chi connectivity index (χ3n) is 4.64. The first-order valence-electron chi connectivity index (χ1n) is 8.01. The molecule has 1 aliphatic heterocycles. The Morgan fingerprint density at radius 1 is 1.39 bits per heavy atom. The lowest BCUT2D eigenvalue weighted by Crippen LogP contribution is -2.46. The van der Waals surface area contributed by atoms with Gasteiger partial charge >= 0.3 is 5.97 Å². The number of rotatable bonds is 5. The number of aliphatic carboxylic acids is 1. The van der Waals surface area contributed by atoms with Crippen molar-refractivity contribution in [3.05, 3.63) is 24.2 Å². The molecular weight excluding hydrogens is 332 g/mol. The van der Waals surface area contributed by atoms with Gasteiger partial charge in [0.2, 0.25) is 0 Å². The molecule has 1 N–H and O–H groups in total. The standard InChI is InChI=1S/C16H22N2O3S2/c19-15(20)13-5-3-12(4-6-13)8-17-10-18(16(22)23-11-17)9-14-2-1-7-21-14/h1-2,7,12-13H,3-6,8-11H2,(H,19,20). The summed E-state index contributed by atoms with van der Waals surface area (Å²) in [5, 5.41) is 9.09. The lowest BCUT2D eigenvalue weighted by molar-refractivity contribution is -0.143. The molecule has 1 saturated carbocycles. The van der Waals surface area contributed by atoms with Gasteiger partial charge in [0.05, 0.1) is 31.3 Å². The molecule has 5 nitrogen and oxygen atoms in total. The molecule has 1 aromatic rings. The fourth-order valence-corrected chi connectivity index (χ4v) is 4.42. The van der Waals surface area contributed by atoms with E-state index in [1.807, 2.05) is 12.1 Å². The molecule has 0 bridgehead atoms. The summed E-state index contributed by atoms with van der Waals surface area (Å²) in [4.78, 5) is 15.6. The molecule has 2 aliphatic rings. The third kappa shape index (κ3) is 4.49. The smallest absolute Gasteiger partial charge is 0.306 e. The second-order valence-electron chi connectivity index (χ2n) is 6.37. The molecule has 3 rings (SSSR count). The average molecular weight is 354 g/mol. The van der Waals surface area contributed by atoms with Crippen molar-refractivity contribution in [1.29, 1.82) is 0 Å². The maximum atomic E-state index is 11.0. The van der Waals surface area contributed by atoms with Gasteiger partial charge in [-0.3, -0.25) is 9.69 Å². The van der Waals surface area contributed by atoms with Gasteiger partial charge in [-0.2, -0.15) is 0 Å². The van der Waals surface area contributed by atoms with E-state index in [2.05, 4.69) is 9.80 Å². The minimum Gasteiger partial charge on any atom is -0.481 e. The molecule has 1 saturated heterocycles. The summed E-state index contributed by atoms with van der Waals surface area (Å²) in [6.07, 6.45) is 5.35. The third-order valence-corrected chi connectivity index (χ3v) is 6.25. The zero-order valence-electron chi connectivity index (χ0n) is 13.0. The monoisotopic (exact) mass is 354 g/mol. The Kier molecular flexibility index (Phi) is 5.61. The van der Waals surface area contributed by atoms with E-state index in [1.54, 1.807) is 18.0 Å². The molecule has 2 fully saturated rings. The van der Waals surface area contributed by atoms with Crippen LogP contribution in [0.5, 0.6) is 0 Å². The number of thiocarbonyl (C=S) groups is 1. The van der Waals surface area contributed by atoms with E-state index < -0.39 is 5.97 Å². The Bertz CT molecular complexity index is 542. The van der Waals surface area contributed by atoms with Crippen LogP contribution < -0.4 is 0 Å². The predicted molar refractivity (Wildman–Crippen MR) is 94.0 cm³/mol. The highest BCUT2D eigenvalue weighted by Gasteiger charge is 2.29. The van der Waals surface area contributed by atoms with Gasteiger partial charge in [0, 0.05) is 6.54 Å². The number of carboxylic acids is 1. The number of thioether (sulfide) groups is 1. The van der Waals surface area contributed by atoms with E-state index in [9.17, 15) is 4.79 Å². The van der Waals surface area contributed by atoms with Gasteiger partial charge in [-0.1, -0.05) is 24.0 Å². The van der Waals surface area contributed by atoms with Crippen LogP contribution in [0.2, 0.25) is 0 Å². The Labute approximate surface area is 146 Å². The van der Waals surface area contributed by atoms with Gasteiger partial charge in [0.1, 0.15) is 10.1 Å². The predicted octanol–water partition coefficient (Wildman–Crippen LogP) is 3.22. The van der Waals surface area contributed by atoms with Gasteiger partial charge in [-0.05, 0) is 43.7 Å². The Morgan fingerprint density at radius 3 is 2.83 bits per heavy atom. The number of carboxylic acid groups (broad SMARTS) is 1. The summed E-state index contributed by atoms with van der Waals surface area (Å²) in [7, 11) is 0. The molecule has 0 spiro atoms. The summed E-state index contributed by atoms with van der Waals surface area (Å²) in [5.74, 6) is 1.68. The summed E-state index contributed by atoms with van der Waals surface area (Å²) >= 11 is 7.15. The fourth-order valence-electron chi connectivity index (χ4n) is 3.35. The molecule has 0 radical (unpaired) electrons. The highest BCUT2D eigenvalue weighted by atomic mass is 32.2. The topological polar surface area (TPSA) is 56.9 Å². The minimum atomic E-state index is -0.632. The lowest BCUT2D eigenvalue weighted by Gasteiger charge is -2.38. The van der Waals surface area contributed by atoms with Crippen molar-refractivity contribution in [3.63, 3.8) is 0 Å². The number of carbonyl (C=O) groups is 1. The lowest BCUT2D eigenvalue weighted by atomic mass is 9.82. The second-order valence-corrected chi connectivity index (χ2v) is 7.95. The van der Waals surface area contributed by atoms with Crippen molar-refractivity contribution in [2.45, 2.75) is 32.2 Å². The van der Waals surface area contributed by atoms with Crippen LogP contribution in [0.4, 0.5) is 0 Å². The molecule has 1 aliphatic carbocycles. The Hall–Kier alpha value is -1.05. The first kappa shape index (κ1) is 16.8. The van der Waals surface area contributed by atoms with Gasteiger partial charge in [-0.25, -0.2) is 0 Å². The zero-order chi connectivity index (χ0) is 16.2. The van der Waals surface area contributed by atoms with Crippen LogP contribution in [0.3, 0.4) is 0 Å². The van der Waals surface area contributed by atoms with Crippen LogP contribution in [0.25, 0.3) is 0 Å². The molecule has 23 heavy (non-hydrogen) atoms. The molecule has 2 heterocycles. The number of hydrogen-bond donors (Lipinski definition) is 1. The van der Waals surface area contributed by atoms with Crippen molar-refractivity contribution in [1.82, 2.24) is 9.80 Å². The fraction of sp³-hybridized carbons (Fsp3) is 0.625. The molecule has 0 atom stereocenters. The normalized spacial score (nSPS) is 26.4. The maximum Gasteiger partial charge on any atom is 0.306 e. The van der Waals surface area contributed by atoms with Gasteiger partial charge in [0.15, 0.2) is 0 Å². The van der Waals surface area contributed by atoms with E-state index >= 15 is 0 Å². The molecular formula is C16H22N2O3S2. The highest BCUT2D eigenvalue weighted by molar-refractivity contribution is 8.22. The van der Waals surface area contributed by atoms with E-state index in [1.165, 1.54) is 0 Å². The number of furan rings is 1. The molecule has 0 amide bonds. The molecule has 1 aromatic heterocycles. The molecule has 126 valence electrons. The highest BCUT2D eigenvalue weighted by Crippen LogP contribution is 2.31. The minimum absolute atomic E-state index is 0.134. The van der Waals surface area contributed by atoms with Crippen LogP contribution in [0.15, 0.2) is 22.8 Å². The number of hydrogen-bond acceptors (Lipinski definition) is 5. The van der Waals surface area contributed by atoms with E-state index in [4.69, 9.17) is 21.7 Å². The van der Waals surface area contributed by atoms with Crippen molar-refractivity contribution in [2.24, 2.45) is 11.8 Å². The van der Waals surface area contributed by atoms with Crippen LogP contribution >= 0.6 is 24.0 Å². The Balaban J connectivity index is 1.49. The quantitative estimate of drug-likeness (QED) is 0.815. The molecule has 7 heteroatoms. The first-order chi connectivity index (χ1) is 11.1. The second kappa shape index (κ2) is 7.68. The van der Waals surface area contributed by atoms with Crippen LogP contribution in [-0.4, -0.2) is 44.3 Å². The van der Waals surface area contributed by atoms with Crippen molar-refractivity contribution < 1.29 is 14.3 Å². The van der Waals surface area contributed by atoms with Gasteiger partial charge in [0.25, 0.3) is 0 Å².